The Balaban J connectivity index is 1.33. The molecule has 1 aliphatic carbocycles. The van der Waals surface area contributed by atoms with Gasteiger partial charge in [0.1, 0.15) is 11.6 Å². The number of phenolic OH excluding ortho intramolecular Hbond substituents is 1. The number of phenols is 1. The van der Waals surface area contributed by atoms with Gasteiger partial charge < -0.3 is 15.5 Å². The van der Waals surface area contributed by atoms with Crippen LogP contribution in [0.25, 0.3) is 11.3 Å². The number of rotatable bonds is 7. The van der Waals surface area contributed by atoms with Crippen molar-refractivity contribution in [3.05, 3.63) is 71.2 Å². The molecule has 1 saturated heterocycles. The average molecular weight is 528 g/mol. The van der Waals surface area contributed by atoms with Gasteiger partial charge in [-0.15, -0.1) is 0 Å². The molecule has 36 heavy (non-hydrogen) atoms. The molecule has 3 aromatic rings. The number of aromatic nitrogens is 1. The van der Waals surface area contributed by atoms with Gasteiger partial charge in [-0.2, -0.15) is 4.31 Å². The van der Waals surface area contributed by atoms with Crippen molar-refractivity contribution in [3.63, 3.8) is 0 Å². The number of halogens is 1. The van der Waals surface area contributed by atoms with E-state index in [1.54, 1.807) is 42.5 Å². The van der Waals surface area contributed by atoms with Gasteiger partial charge in [0.15, 0.2) is 0 Å². The van der Waals surface area contributed by atoms with Crippen molar-refractivity contribution < 1.29 is 23.4 Å². The van der Waals surface area contributed by atoms with Gasteiger partial charge in [0, 0.05) is 18.2 Å². The normalized spacial score (nSPS) is 19.2. The number of aliphatic hydroxyl groups excluding tert-OH is 1. The number of hydrogen-bond donors (Lipinski definition) is 3. The van der Waals surface area contributed by atoms with E-state index in [4.69, 9.17) is 11.6 Å². The highest BCUT2D eigenvalue weighted by Crippen LogP contribution is 2.50. The first-order valence-electron chi connectivity index (χ1n) is 11.8. The number of hydrogen-bond acceptors (Lipinski definition) is 6. The van der Waals surface area contributed by atoms with E-state index in [1.165, 1.54) is 22.5 Å². The van der Waals surface area contributed by atoms with Crippen LogP contribution in [0.15, 0.2) is 65.6 Å². The molecule has 0 bridgehead atoms. The van der Waals surface area contributed by atoms with Crippen LogP contribution in [-0.4, -0.2) is 53.0 Å². The van der Waals surface area contributed by atoms with Crippen molar-refractivity contribution in [1.82, 2.24) is 9.29 Å². The zero-order chi connectivity index (χ0) is 25.5. The van der Waals surface area contributed by atoms with E-state index >= 15 is 0 Å². The van der Waals surface area contributed by atoms with E-state index < -0.39 is 15.4 Å². The molecule has 2 fully saturated rings. The summed E-state index contributed by atoms with van der Waals surface area (Å²) in [7, 11) is -3.69. The third-order valence-corrected chi connectivity index (χ3v) is 9.25. The van der Waals surface area contributed by atoms with Gasteiger partial charge in [-0.25, -0.2) is 13.4 Å². The summed E-state index contributed by atoms with van der Waals surface area (Å²) in [6, 6.07) is 16.2. The maximum atomic E-state index is 13.1. The highest BCUT2D eigenvalue weighted by molar-refractivity contribution is 7.89. The molecule has 10 heteroatoms. The van der Waals surface area contributed by atoms with E-state index in [1.807, 2.05) is 0 Å². The average Bonchev–Trinajstić information content (AvgIpc) is 3.55. The molecule has 1 atom stereocenters. The van der Waals surface area contributed by atoms with Gasteiger partial charge in [0.05, 0.1) is 27.6 Å². The monoisotopic (exact) mass is 527 g/mol. The first-order valence-corrected chi connectivity index (χ1v) is 13.6. The minimum atomic E-state index is -3.69. The highest BCUT2D eigenvalue weighted by Gasteiger charge is 2.51. The summed E-state index contributed by atoms with van der Waals surface area (Å²) in [6.07, 6.45) is 2.69. The van der Waals surface area contributed by atoms with Crippen LogP contribution < -0.4 is 5.32 Å². The zero-order valence-corrected chi connectivity index (χ0v) is 21.0. The van der Waals surface area contributed by atoms with Gasteiger partial charge in [-0.3, -0.25) is 4.79 Å². The maximum absolute atomic E-state index is 13.1. The fourth-order valence-electron chi connectivity index (χ4n) is 4.72. The second-order valence-electron chi connectivity index (χ2n) is 9.23. The van der Waals surface area contributed by atoms with Crippen molar-refractivity contribution in [1.29, 1.82) is 0 Å². The summed E-state index contributed by atoms with van der Waals surface area (Å²) in [4.78, 5) is 17.8. The van der Waals surface area contributed by atoms with Gasteiger partial charge in [-0.1, -0.05) is 35.9 Å². The standard InChI is InChI=1S/C26H26ClN3O5S/c27-21-11-8-18(15-23(21)32)26(12-13-26)25(33)29-24-5-1-4-22(28-24)17-6-9-20(10-7-17)36(34,35)30-14-2-3-19(30)16-31/h1,4-11,15,19,31-32H,2-3,12-14,16H2,(H,28,29,33). The number of carbonyl (C=O) groups is 1. The van der Waals surface area contributed by atoms with Crippen LogP contribution in [0.1, 0.15) is 31.2 Å². The summed E-state index contributed by atoms with van der Waals surface area (Å²) in [5.74, 6) is 0.108. The predicted octanol–water partition coefficient (Wildman–Crippen LogP) is 3.92. The van der Waals surface area contributed by atoms with Crippen LogP contribution >= 0.6 is 11.6 Å². The SMILES string of the molecule is O=C(Nc1cccc(-c2ccc(S(=O)(=O)N3CCCC3CO)cc2)n1)C1(c2ccc(Cl)c(O)c2)CC1. The lowest BCUT2D eigenvalue weighted by atomic mass is 9.94. The van der Waals surface area contributed by atoms with Crippen LogP contribution in [0.2, 0.25) is 5.02 Å². The van der Waals surface area contributed by atoms with Crippen molar-refractivity contribution >= 4 is 33.3 Å². The third kappa shape index (κ3) is 4.48. The van der Waals surface area contributed by atoms with E-state index in [0.29, 0.717) is 48.4 Å². The minimum Gasteiger partial charge on any atom is -0.506 e. The Morgan fingerprint density at radius 2 is 1.89 bits per heavy atom. The number of nitrogens with one attached hydrogen (secondary N) is 1. The summed E-state index contributed by atoms with van der Waals surface area (Å²) >= 11 is 5.91. The first-order chi connectivity index (χ1) is 17.2. The van der Waals surface area contributed by atoms with E-state index in [-0.39, 0.29) is 34.2 Å². The summed E-state index contributed by atoms with van der Waals surface area (Å²) < 4.78 is 27.4. The van der Waals surface area contributed by atoms with Crippen molar-refractivity contribution in [3.8, 4) is 17.0 Å². The molecule has 8 nitrogen and oxygen atoms in total. The number of sulfonamides is 1. The van der Waals surface area contributed by atoms with Crippen LogP contribution in [0, 0.1) is 0 Å². The number of amides is 1. The Hall–Kier alpha value is -2.98. The lowest BCUT2D eigenvalue weighted by molar-refractivity contribution is -0.118. The van der Waals surface area contributed by atoms with E-state index in [9.17, 15) is 23.4 Å². The zero-order valence-electron chi connectivity index (χ0n) is 19.4. The quantitative estimate of drug-likeness (QED) is 0.428. The number of pyridine rings is 1. The molecule has 1 aliphatic heterocycles. The Bertz CT molecular complexity index is 1410. The molecule has 2 aromatic carbocycles. The Morgan fingerprint density at radius 3 is 2.56 bits per heavy atom. The Kier molecular flexibility index (Phi) is 6.50. The van der Waals surface area contributed by atoms with Crippen LogP contribution in [-0.2, 0) is 20.2 Å². The molecule has 2 aliphatic rings. The largest absolute Gasteiger partial charge is 0.506 e. The van der Waals surface area contributed by atoms with E-state index in [0.717, 1.165) is 6.42 Å². The summed E-state index contributed by atoms with van der Waals surface area (Å²) in [5, 5.41) is 22.6. The van der Waals surface area contributed by atoms with Crippen LogP contribution in [0.5, 0.6) is 5.75 Å². The van der Waals surface area contributed by atoms with Crippen molar-refractivity contribution in [2.75, 3.05) is 18.5 Å². The van der Waals surface area contributed by atoms with Gasteiger partial charge in [0.25, 0.3) is 0 Å². The fourth-order valence-corrected chi connectivity index (χ4v) is 6.53. The fraction of sp³-hybridized carbons (Fsp3) is 0.308. The molecule has 3 N–H and O–H groups in total. The lowest BCUT2D eigenvalue weighted by Crippen LogP contribution is -2.37. The number of carbonyl (C=O) groups excluding carboxylic acids is 1. The number of aromatic hydroxyl groups is 1. The van der Waals surface area contributed by atoms with Gasteiger partial charge in [0.2, 0.25) is 15.9 Å². The molecule has 0 spiro atoms. The van der Waals surface area contributed by atoms with Crippen LogP contribution in [0.3, 0.4) is 0 Å². The molecular formula is C26H26ClN3O5S. The maximum Gasteiger partial charge on any atom is 0.243 e. The molecule has 5 rings (SSSR count). The number of aliphatic hydroxyl groups is 1. The molecule has 0 radical (unpaired) electrons. The Labute approximate surface area is 214 Å². The van der Waals surface area contributed by atoms with Crippen molar-refractivity contribution in [2.24, 2.45) is 0 Å². The summed E-state index contributed by atoms with van der Waals surface area (Å²) in [5.41, 5.74) is 1.27. The lowest BCUT2D eigenvalue weighted by Gasteiger charge is -2.22. The first kappa shape index (κ1) is 24.7. The Morgan fingerprint density at radius 1 is 1.14 bits per heavy atom. The molecule has 1 saturated carbocycles. The minimum absolute atomic E-state index is 0.0598. The molecule has 1 aromatic heterocycles. The summed E-state index contributed by atoms with van der Waals surface area (Å²) in [6.45, 7) is 0.204. The number of nitrogens with zero attached hydrogens (tertiary/aromatic N) is 2. The smallest absolute Gasteiger partial charge is 0.243 e. The number of benzene rings is 2. The topological polar surface area (TPSA) is 120 Å². The van der Waals surface area contributed by atoms with Crippen molar-refractivity contribution in [2.45, 2.75) is 42.0 Å². The molecule has 1 unspecified atom stereocenters. The number of anilines is 1. The van der Waals surface area contributed by atoms with Gasteiger partial charge in [-0.05, 0) is 67.6 Å². The molecule has 1 amide bonds. The van der Waals surface area contributed by atoms with Gasteiger partial charge >= 0.3 is 0 Å². The second-order valence-corrected chi connectivity index (χ2v) is 11.5. The molecular weight excluding hydrogens is 502 g/mol. The van der Waals surface area contributed by atoms with Crippen LogP contribution in [0.4, 0.5) is 5.82 Å². The molecule has 2 heterocycles. The molecule has 188 valence electrons. The highest BCUT2D eigenvalue weighted by atomic mass is 35.5. The predicted molar refractivity (Wildman–Crippen MR) is 136 cm³/mol. The van der Waals surface area contributed by atoms with E-state index in [2.05, 4.69) is 10.3 Å². The second kappa shape index (κ2) is 9.48. The third-order valence-electron chi connectivity index (χ3n) is 6.96.